The lowest BCUT2D eigenvalue weighted by Crippen LogP contribution is -1.91. The summed E-state index contributed by atoms with van der Waals surface area (Å²) in [5, 5.41) is 0. The summed E-state index contributed by atoms with van der Waals surface area (Å²) in [6.07, 6.45) is 0. The van der Waals surface area contributed by atoms with Crippen molar-refractivity contribution in [3.8, 4) is 5.75 Å². The Labute approximate surface area is 95.5 Å². The van der Waals surface area contributed by atoms with Gasteiger partial charge in [0, 0.05) is 0 Å². The predicted molar refractivity (Wildman–Crippen MR) is 69.9 cm³/mol. The highest BCUT2D eigenvalue weighted by Crippen LogP contribution is 2.22. The molecule has 0 aliphatic carbocycles. The molecule has 0 N–H and O–H groups in total. The maximum Gasteiger partial charge on any atom is 0.122 e. The fraction of sp³-hybridized carbons (Fsp3) is 0.571. The smallest absolute Gasteiger partial charge is 0.122 e. The van der Waals surface area contributed by atoms with E-state index in [1.165, 1.54) is 16.7 Å². The summed E-state index contributed by atoms with van der Waals surface area (Å²) in [7, 11) is 1.71. The van der Waals surface area contributed by atoms with Crippen molar-refractivity contribution < 1.29 is 4.74 Å². The minimum atomic E-state index is 0.980. The van der Waals surface area contributed by atoms with Crippen LogP contribution < -0.4 is 4.74 Å². The average molecular weight is 210 g/mol. The normalized spacial score (nSPS) is 8.00. The Morgan fingerprint density at radius 2 is 1.27 bits per heavy atom. The largest absolute Gasteiger partial charge is 0.496 e. The molecule has 1 aromatic carbocycles. The summed E-state index contributed by atoms with van der Waals surface area (Å²) in [5.74, 6) is 0.980. The molecular weight excluding hydrogens is 184 g/mol. The van der Waals surface area contributed by atoms with Gasteiger partial charge in [0.05, 0.1) is 7.11 Å². The second-order valence-electron chi connectivity index (χ2n) is 2.83. The molecule has 0 spiro atoms. The molecule has 0 bridgehead atoms. The topological polar surface area (TPSA) is 9.23 Å². The van der Waals surface area contributed by atoms with Crippen LogP contribution in [0.5, 0.6) is 5.75 Å². The number of ether oxygens (including phenoxy) is 1. The van der Waals surface area contributed by atoms with Gasteiger partial charge in [-0.25, -0.2) is 0 Å². The minimum Gasteiger partial charge on any atom is -0.496 e. The number of rotatable bonds is 1. The molecule has 0 amide bonds. The molecule has 0 atom stereocenters. The van der Waals surface area contributed by atoms with Crippen LogP contribution in [0.3, 0.4) is 0 Å². The first-order chi connectivity index (χ1) is 7.16. The molecule has 1 heteroatoms. The monoisotopic (exact) mass is 210 g/mol. The average Bonchev–Trinajstić information content (AvgIpc) is 2.32. The van der Waals surface area contributed by atoms with Crippen LogP contribution in [-0.4, -0.2) is 7.11 Å². The van der Waals surface area contributed by atoms with E-state index in [0.717, 1.165) is 5.75 Å². The van der Waals surface area contributed by atoms with Gasteiger partial charge in [-0.15, -0.1) is 0 Å². The number of aryl methyl sites for hydroxylation is 1. The van der Waals surface area contributed by atoms with Crippen LogP contribution in [0.1, 0.15) is 44.4 Å². The maximum atomic E-state index is 5.18. The molecule has 0 saturated carbocycles. The zero-order valence-electron chi connectivity index (χ0n) is 11.6. The highest BCUT2D eigenvalue weighted by Gasteiger charge is 2.01. The Balaban J connectivity index is 0. The number of hydrogen-bond acceptors (Lipinski definition) is 1. The molecule has 0 aliphatic rings. The molecule has 1 aromatic rings. The predicted octanol–water partition coefficient (Wildman–Crippen LogP) is 4.67. The van der Waals surface area contributed by atoms with Crippen molar-refractivity contribution in [2.45, 2.75) is 48.5 Å². The minimum absolute atomic E-state index is 0.980. The third-order valence-electron chi connectivity index (χ3n) is 2.23. The SMILES string of the molecule is CC.CC.COc1ccc(C)c(C)c1C. The Morgan fingerprint density at radius 3 is 1.67 bits per heavy atom. The second kappa shape index (κ2) is 9.57. The molecular formula is C14H26O. The Morgan fingerprint density at radius 1 is 0.800 bits per heavy atom. The fourth-order valence-corrected chi connectivity index (χ4v) is 1.15. The van der Waals surface area contributed by atoms with E-state index in [0.29, 0.717) is 0 Å². The van der Waals surface area contributed by atoms with E-state index < -0.39 is 0 Å². The maximum absolute atomic E-state index is 5.18. The quantitative estimate of drug-likeness (QED) is 0.654. The molecule has 0 heterocycles. The molecule has 0 saturated heterocycles. The zero-order valence-corrected chi connectivity index (χ0v) is 11.6. The molecule has 15 heavy (non-hydrogen) atoms. The Kier molecular flexibility index (Phi) is 10.5. The summed E-state index contributed by atoms with van der Waals surface area (Å²) < 4.78 is 5.18. The third kappa shape index (κ3) is 4.87. The van der Waals surface area contributed by atoms with E-state index in [1.54, 1.807) is 7.11 Å². The first-order valence-corrected chi connectivity index (χ1v) is 5.77. The van der Waals surface area contributed by atoms with Gasteiger partial charge in [0.25, 0.3) is 0 Å². The highest BCUT2D eigenvalue weighted by atomic mass is 16.5. The van der Waals surface area contributed by atoms with Crippen molar-refractivity contribution >= 4 is 0 Å². The van der Waals surface area contributed by atoms with Crippen molar-refractivity contribution in [3.05, 3.63) is 28.8 Å². The van der Waals surface area contributed by atoms with Gasteiger partial charge in [0.15, 0.2) is 0 Å². The van der Waals surface area contributed by atoms with Crippen LogP contribution in [-0.2, 0) is 0 Å². The van der Waals surface area contributed by atoms with Crippen LogP contribution in [0.25, 0.3) is 0 Å². The second-order valence-corrected chi connectivity index (χ2v) is 2.83. The van der Waals surface area contributed by atoms with Crippen LogP contribution in [0.4, 0.5) is 0 Å². The van der Waals surface area contributed by atoms with Crippen LogP contribution in [0, 0.1) is 20.8 Å². The Hall–Kier alpha value is -0.980. The summed E-state index contributed by atoms with van der Waals surface area (Å²) in [5.41, 5.74) is 3.89. The first kappa shape index (κ1) is 16.4. The molecule has 1 rings (SSSR count). The molecule has 0 unspecified atom stereocenters. The molecule has 0 aromatic heterocycles. The van der Waals surface area contributed by atoms with Gasteiger partial charge in [-0.1, -0.05) is 33.8 Å². The first-order valence-electron chi connectivity index (χ1n) is 5.77. The zero-order chi connectivity index (χ0) is 12.4. The lowest BCUT2D eigenvalue weighted by atomic mass is 10.0. The summed E-state index contributed by atoms with van der Waals surface area (Å²) in [6, 6.07) is 4.10. The fourth-order valence-electron chi connectivity index (χ4n) is 1.15. The van der Waals surface area contributed by atoms with Crippen molar-refractivity contribution in [1.82, 2.24) is 0 Å². The van der Waals surface area contributed by atoms with Crippen molar-refractivity contribution in [3.63, 3.8) is 0 Å². The van der Waals surface area contributed by atoms with E-state index in [9.17, 15) is 0 Å². The van der Waals surface area contributed by atoms with Crippen molar-refractivity contribution in [2.75, 3.05) is 7.11 Å². The molecule has 0 radical (unpaired) electrons. The summed E-state index contributed by atoms with van der Waals surface area (Å²) in [6.45, 7) is 14.3. The third-order valence-corrected chi connectivity index (χ3v) is 2.23. The molecule has 0 fully saturated rings. The van der Waals surface area contributed by atoms with Gasteiger partial charge < -0.3 is 4.74 Å². The number of benzene rings is 1. The van der Waals surface area contributed by atoms with Gasteiger partial charge in [-0.2, -0.15) is 0 Å². The lowest BCUT2D eigenvalue weighted by molar-refractivity contribution is 0.411. The highest BCUT2D eigenvalue weighted by molar-refractivity contribution is 5.42. The van der Waals surface area contributed by atoms with Gasteiger partial charge >= 0.3 is 0 Å². The van der Waals surface area contributed by atoms with Crippen molar-refractivity contribution in [2.24, 2.45) is 0 Å². The number of methoxy groups -OCH3 is 1. The summed E-state index contributed by atoms with van der Waals surface area (Å²) in [4.78, 5) is 0. The van der Waals surface area contributed by atoms with Gasteiger partial charge in [0.2, 0.25) is 0 Å². The van der Waals surface area contributed by atoms with Crippen LogP contribution in [0.15, 0.2) is 12.1 Å². The van der Waals surface area contributed by atoms with E-state index in [4.69, 9.17) is 4.74 Å². The van der Waals surface area contributed by atoms with Gasteiger partial charge in [0.1, 0.15) is 5.75 Å². The van der Waals surface area contributed by atoms with Gasteiger partial charge in [-0.3, -0.25) is 0 Å². The number of hydrogen-bond donors (Lipinski definition) is 0. The van der Waals surface area contributed by atoms with Crippen LogP contribution >= 0.6 is 0 Å². The van der Waals surface area contributed by atoms with Gasteiger partial charge in [-0.05, 0) is 43.5 Å². The summed E-state index contributed by atoms with van der Waals surface area (Å²) >= 11 is 0. The van der Waals surface area contributed by atoms with Crippen LogP contribution in [0.2, 0.25) is 0 Å². The molecule has 1 nitrogen and oxygen atoms in total. The van der Waals surface area contributed by atoms with Crippen molar-refractivity contribution in [1.29, 1.82) is 0 Å². The lowest BCUT2D eigenvalue weighted by Gasteiger charge is -2.08. The van der Waals surface area contributed by atoms with E-state index in [1.807, 2.05) is 33.8 Å². The van der Waals surface area contributed by atoms with E-state index in [-0.39, 0.29) is 0 Å². The van der Waals surface area contributed by atoms with E-state index in [2.05, 4.69) is 26.8 Å². The Bertz CT molecular complexity index is 264. The van der Waals surface area contributed by atoms with E-state index >= 15 is 0 Å². The molecule has 88 valence electrons. The molecule has 0 aliphatic heterocycles. The standard InChI is InChI=1S/C10H14O.2C2H6/c1-7-5-6-10(11-4)9(3)8(7)2;2*1-2/h5-6H,1-4H3;2*1-2H3.